The molecule has 7 heteroatoms. The average Bonchev–Trinajstić information content (AvgIpc) is 3.37. The SMILES string of the molecule is O=C(C1CC1)N1CCOCC2(CCC(Cn3ncccc3=O)O2)C1. The molecule has 2 unspecified atom stereocenters. The molecule has 1 aromatic heterocycles. The quantitative estimate of drug-likeness (QED) is 0.802. The summed E-state index contributed by atoms with van der Waals surface area (Å²) in [6.07, 6.45) is 5.24. The van der Waals surface area contributed by atoms with E-state index in [2.05, 4.69) is 5.10 Å². The third-order valence-corrected chi connectivity index (χ3v) is 5.09. The van der Waals surface area contributed by atoms with E-state index in [-0.39, 0.29) is 23.5 Å². The van der Waals surface area contributed by atoms with Crippen LogP contribution < -0.4 is 5.56 Å². The molecule has 2 atom stereocenters. The van der Waals surface area contributed by atoms with Crippen LogP contribution in [-0.4, -0.2) is 58.6 Å². The highest BCUT2D eigenvalue weighted by Crippen LogP contribution is 2.36. The Morgan fingerprint density at radius 1 is 1.38 bits per heavy atom. The molecular weight excluding hydrogens is 310 g/mol. The van der Waals surface area contributed by atoms with Gasteiger partial charge in [-0.1, -0.05) is 0 Å². The van der Waals surface area contributed by atoms with Crippen molar-refractivity contribution in [2.75, 3.05) is 26.3 Å². The van der Waals surface area contributed by atoms with Gasteiger partial charge in [0.05, 0.1) is 32.4 Å². The molecule has 2 aliphatic heterocycles. The number of ether oxygens (including phenoxy) is 2. The fourth-order valence-electron chi connectivity index (χ4n) is 3.65. The second-order valence-corrected chi connectivity index (χ2v) is 7.09. The maximum atomic E-state index is 12.4. The summed E-state index contributed by atoms with van der Waals surface area (Å²) in [4.78, 5) is 26.2. The fourth-order valence-corrected chi connectivity index (χ4v) is 3.65. The maximum absolute atomic E-state index is 12.4. The fraction of sp³-hybridized carbons (Fsp3) is 0.706. The zero-order valence-corrected chi connectivity index (χ0v) is 13.7. The number of aromatic nitrogens is 2. The van der Waals surface area contributed by atoms with Crippen LogP contribution in [0.1, 0.15) is 25.7 Å². The Morgan fingerprint density at radius 2 is 2.25 bits per heavy atom. The van der Waals surface area contributed by atoms with Gasteiger partial charge in [-0.15, -0.1) is 0 Å². The largest absolute Gasteiger partial charge is 0.377 e. The van der Waals surface area contributed by atoms with Crippen LogP contribution in [0.15, 0.2) is 23.1 Å². The topological polar surface area (TPSA) is 73.7 Å². The molecule has 24 heavy (non-hydrogen) atoms. The van der Waals surface area contributed by atoms with E-state index in [1.807, 2.05) is 4.90 Å². The minimum absolute atomic E-state index is 0.0721. The second kappa shape index (κ2) is 6.29. The van der Waals surface area contributed by atoms with Gasteiger partial charge in [-0.2, -0.15) is 5.10 Å². The summed E-state index contributed by atoms with van der Waals surface area (Å²) in [6.45, 7) is 2.75. The molecule has 1 saturated carbocycles. The highest BCUT2D eigenvalue weighted by Gasteiger charge is 2.45. The Labute approximate surface area is 140 Å². The molecule has 0 radical (unpaired) electrons. The van der Waals surface area contributed by atoms with Gasteiger partial charge in [-0.05, 0) is 31.7 Å². The summed E-state index contributed by atoms with van der Waals surface area (Å²) in [6, 6.07) is 3.14. The molecule has 0 N–H and O–H groups in total. The molecule has 7 nitrogen and oxygen atoms in total. The van der Waals surface area contributed by atoms with Crippen LogP contribution in [0.2, 0.25) is 0 Å². The number of hydrogen-bond donors (Lipinski definition) is 0. The second-order valence-electron chi connectivity index (χ2n) is 7.09. The van der Waals surface area contributed by atoms with E-state index in [0.717, 1.165) is 25.7 Å². The first kappa shape index (κ1) is 15.8. The van der Waals surface area contributed by atoms with Gasteiger partial charge in [0.25, 0.3) is 5.56 Å². The zero-order chi connectivity index (χ0) is 16.6. The van der Waals surface area contributed by atoms with Gasteiger partial charge in [0, 0.05) is 24.7 Å². The Morgan fingerprint density at radius 3 is 3.04 bits per heavy atom. The van der Waals surface area contributed by atoms with E-state index in [0.29, 0.717) is 32.8 Å². The van der Waals surface area contributed by atoms with Crippen LogP contribution in [0.3, 0.4) is 0 Å². The van der Waals surface area contributed by atoms with Gasteiger partial charge in [0.2, 0.25) is 5.91 Å². The average molecular weight is 333 g/mol. The minimum Gasteiger partial charge on any atom is -0.377 e. The van der Waals surface area contributed by atoms with Crippen LogP contribution in [0, 0.1) is 5.92 Å². The van der Waals surface area contributed by atoms with Crippen molar-refractivity contribution in [1.29, 1.82) is 0 Å². The lowest BCUT2D eigenvalue weighted by Crippen LogP contribution is -2.47. The number of nitrogens with zero attached hydrogens (tertiary/aromatic N) is 3. The standard InChI is InChI=1S/C17H23N3O4/c21-15-2-1-7-18-20(15)10-14-5-6-17(24-14)11-19(8-9-23-12-17)16(22)13-3-4-13/h1-2,7,13-14H,3-6,8-12H2. The Bertz CT molecular complexity index is 672. The van der Waals surface area contributed by atoms with Crippen LogP contribution in [-0.2, 0) is 20.8 Å². The Balaban J connectivity index is 1.44. The van der Waals surface area contributed by atoms with Crippen LogP contribution in [0.5, 0.6) is 0 Å². The summed E-state index contributed by atoms with van der Waals surface area (Å²) in [5, 5.41) is 4.10. The van der Waals surface area contributed by atoms with Gasteiger partial charge in [0.1, 0.15) is 5.60 Å². The monoisotopic (exact) mass is 333 g/mol. The van der Waals surface area contributed by atoms with Crippen molar-refractivity contribution < 1.29 is 14.3 Å². The molecule has 4 rings (SSSR count). The van der Waals surface area contributed by atoms with E-state index in [1.54, 1.807) is 12.3 Å². The molecule has 0 aromatic carbocycles. The minimum atomic E-state index is -0.440. The predicted octanol–water partition coefficient (Wildman–Crippen LogP) is 0.430. The molecular formula is C17H23N3O4. The lowest BCUT2D eigenvalue weighted by Gasteiger charge is -2.32. The smallest absolute Gasteiger partial charge is 0.266 e. The number of carbonyl (C=O) groups excluding carboxylic acids is 1. The van der Waals surface area contributed by atoms with Crippen molar-refractivity contribution in [3.63, 3.8) is 0 Å². The first-order chi connectivity index (χ1) is 11.7. The first-order valence-electron chi connectivity index (χ1n) is 8.72. The van der Waals surface area contributed by atoms with Crippen molar-refractivity contribution >= 4 is 5.91 Å². The molecule has 1 spiro atoms. The molecule has 1 aromatic rings. The lowest BCUT2D eigenvalue weighted by atomic mass is 10.00. The molecule has 3 heterocycles. The van der Waals surface area contributed by atoms with E-state index in [4.69, 9.17) is 9.47 Å². The van der Waals surface area contributed by atoms with E-state index in [1.165, 1.54) is 10.7 Å². The van der Waals surface area contributed by atoms with Crippen LogP contribution >= 0.6 is 0 Å². The summed E-state index contributed by atoms with van der Waals surface area (Å²) in [5.41, 5.74) is -0.561. The third-order valence-electron chi connectivity index (χ3n) is 5.09. The predicted molar refractivity (Wildman–Crippen MR) is 85.5 cm³/mol. The molecule has 3 aliphatic rings. The van der Waals surface area contributed by atoms with Gasteiger partial charge >= 0.3 is 0 Å². The van der Waals surface area contributed by atoms with E-state index in [9.17, 15) is 9.59 Å². The van der Waals surface area contributed by atoms with Gasteiger partial charge < -0.3 is 14.4 Å². The summed E-state index contributed by atoms with van der Waals surface area (Å²) in [5.74, 6) is 0.456. The van der Waals surface area contributed by atoms with Crippen LogP contribution in [0.4, 0.5) is 0 Å². The Kier molecular flexibility index (Phi) is 4.14. The number of hydrogen-bond acceptors (Lipinski definition) is 5. The molecule has 1 amide bonds. The highest BCUT2D eigenvalue weighted by molar-refractivity contribution is 5.81. The molecule has 3 fully saturated rings. The molecule has 2 saturated heterocycles. The van der Waals surface area contributed by atoms with E-state index < -0.39 is 5.60 Å². The summed E-state index contributed by atoms with van der Waals surface area (Å²) in [7, 11) is 0. The number of amides is 1. The Hall–Kier alpha value is -1.73. The zero-order valence-electron chi connectivity index (χ0n) is 13.7. The molecule has 130 valence electrons. The number of rotatable bonds is 3. The van der Waals surface area contributed by atoms with Gasteiger partial charge in [-0.3, -0.25) is 9.59 Å². The van der Waals surface area contributed by atoms with Crippen molar-refractivity contribution in [2.24, 2.45) is 5.92 Å². The van der Waals surface area contributed by atoms with Gasteiger partial charge in [0.15, 0.2) is 0 Å². The maximum Gasteiger partial charge on any atom is 0.266 e. The van der Waals surface area contributed by atoms with Crippen molar-refractivity contribution in [2.45, 2.75) is 43.9 Å². The highest BCUT2D eigenvalue weighted by atomic mass is 16.6. The summed E-state index contributed by atoms with van der Waals surface area (Å²) >= 11 is 0. The molecule has 1 aliphatic carbocycles. The van der Waals surface area contributed by atoms with Gasteiger partial charge in [-0.25, -0.2) is 4.68 Å². The molecule has 0 bridgehead atoms. The third kappa shape index (κ3) is 3.23. The number of carbonyl (C=O) groups is 1. The van der Waals surface area contributed by atoms with E-state index >= 15 is 0 Å². The first-order valence-corrected chi connectivity index (χ1v) is 8.72. The van der Waals surface area contributed by atoms with Crippen molar-refractivity contribution in [1.82, 2.24) is 14.7 Å². The summed E-state index contributed by atoms with van der Waals surface area (Å²) < 4.78 is 13.5. The van der Waals surface area contributed by atoms with Crippen LogP contribution in [0.25, 0.3) is 0 Å². The lowest BCUT2D eigenvalue weighted by molar-refractivity contribution is -0.137. The van der Waals surface area contributed by atoms with Crippen molar-refractivity contribution in [3.8, 4) is 0 Å². The normalized spacial score (nSPS) is 30.5. The van der Waals surface area contributed by atoms with Crippen molar-refractivity contribution in [3.05, 3.63) is 28.7 Å².